The summed E-state index contributed by atoms with van der Waals surface area (Å²) >= 11 is 0. The first-order valence-corrected chi connectivity index (χ1v) is 7.12. The molecule has 116 valence electrons. The molecule has 1 atom stereocenters. The van der Waals surface area contributed by atoms with Crippen molar-refractivity contribution in [1.29, 1.82) is 0 Å². The van der Waals surface area contributed by atoms with Crippen molar-refractivity contribution in [1.82, 2.24) is 20.1 Å². The SMILES string of the molecule is Cc1nc(C)n([C@H](C)CNC(=O)c2ccc3c(c2)OCO3)n1. The number of ether oxygens (including phenoxy) is 2. The van der Waals surface area contributed by atoms with Gasteiger partial charge in [-0.25, -0.2) is 9.67 Å². The normalized spacial score (nSPS) is 14.0. The third-order valence-corrected chi connectivity index (χ3v) is 3.52. The lowest BCUT2D eigenvalue weighted by Gasteiger charge is -2.14. The minimum Gasteiger partial charge on any atom is -0.454 e. The molecule has 0 saturated carbocycles. The molecule has 1 aliphatic rings. The average molecular weight is 302 g/mol. The second-order valence-corrected chi connectivity index (χ2v) is 5.28. The summed E-state index contributed by atoms with van der Waals surface area (Å²) in [7, 11) is 0. The van der Waals surface area contributed by atoms with Gasteiger partial charge in [0.25, 0.3) is 5.91 Å². The maximum atomic E-state index is 12.2. The maximum Gasteiger partial charge on any atom is 0.251 e. The molecule has 0 fully saturated rings. The van der Waals surface area contributed by atoms with Crippen molar-refractivity contribution in [3.8, 4) is 11.5 Å². The zero-order valence-electron chi connectivity index (χ0n) is 12.8. The van der Waals surface area contributed by atoms with Crippen LogP contribution in [0.5, 0.6) is 11.5 Å². The van der Waals surface area contributed by atoms with Crippen LogP contribution in [0, 0.1) is 13.8 Å². The van der Waals surface area contributed by atoms with Crippen LogP contribution in [0.4, 0.5) is 0 Å². The minimum atomic E-state index is -0.153. The van der Waals surface area contributed by atoms with Gasteiger partial charge in [0.15, 0.2) is 11.5 Å². The van der Waals surface area contributed by atoms with Crippen LogP contribution in [0.1, 0.15) is 35.0 Å². The number of fused-ring (bicyclic) bond motifs is 1. The molecule has 0 aliphatic carbocycles. The summed E-state index contributed by atoms with van der Waals surface area (Å²) in [5.74, 6) is 2.68. The molecule has 0 radical (unpaired) electrons. The van der Waals surface area contributed by atoms with Crippen LogP contribution in [0.3, 0.4) is 0 Å². The van der Waals surface area contributed by atoms with E-state index in [-0.39, 0.29) is 18.7 Å². The molecule has 1 N–H and O–H groups in total. The molecule has 0 saturated heterocycles. The second-order valence-electron chi connectivity index (χ2n) is 5.28. The number of hydrogen-bond donors (Lipinski definition) is 1. The van der Waals surface area contributed by atoms with Gasteiger partial charge in [0.05, 0.1) is 6.04 Å². The number of carbonyl (C=O) groups excluding carboxylic acids is 1. The van der Waals surface area contributed by atoms with E-state index in [0.717, 1.165) is 11.6 Å². The number of hydrogen-bond acceptors (Lipinski definition) is 5. The molecule has 0 bridgehead atoms. The highest BCUT2D eigenvalue weighted by atomic mass is 16.7. The maximum absolute atomic E-state index is 12.2. The van der Waals surface area contributed by atoms with E-state index in [2.05, 4.69) is 15.4 Å². The summed E-state index contributed by atoms with van der Waals surface area (Å²) in [6.07, 6.45) is 0. The molecule has 2 heterocycles. The Bertz CT molecular complexity index is 711. The van der Waals surface area contributed by atoms with Gasteiger partial charge in [-0.3, -0.25) is 4.79 Å². The van der Waals surface area contributed by atoms with Gasteiger partial charge in [0.2, 0.25) is 6.79 Å². The predicted molar refractivity (Wildman–Crippen MR) is 79.1 cm³/mol. The third kappa shape index (κ3) is 2.74. The Hall–Kier alpha value is -2.57. The number of rotatable bonds is 4. The number of nitrogens with one attached hydrogen (secondary N) is 1. The molecular weight excluding hydrogens is 284 g/mol. The topological polar surface area (TPSA) is 78.3 Å². The minimum absolute atomic E-state index is 0.0270. The quantitative estimate of drug-likeness (QED) is 0.928. The molecule has 0 spiro atoms. The monoisotopic (exact) mass is 302 g/mol. The van der Waals surface area contributed by atoms with Gasteiger partial charge >= 0.3 is 0 Å². The molecule has 22 heavy (non-hydrogen) atoms. The van der Waals surface area contributed by atoms with E-state index in [9.17, 15) is 4.79 Å². The molecule has 1 aromatic carbocycles. The Kier molecular flexibility index (Phi) is 3.70. The number of carbonyl (C=O) groups is 1. The highest BCUT2D eigenvalue weighted by Crippen LogP contribution is 2.32. The number of aryl methyl sites for hydroxylation is 2. The first-order chi connectivity index (χ1) is 10.5. The number of nitrogens with zero attached hydrogens (tertiary/aromatic N) is 3. The average Bonchev–Trinajstić information content (AvgIpc) is 3.09. The van der Waals surface area contributed by atoms with Gasteiger partial charge in [0, 0.05) is 12.1 Å². The summed E-state index contributed by atoms with van der Waals surface area (Å²) in [4.78, 5) is 16.5. The van der Waals surface area contributed by atoms with E-state index in [1.165, 1.54) is 0 Å². The number of aromatic nitrogens is 3. The van der Waals surface area contributed by atoms with Gasteiger partial charge < -0.3 is 14.8 Å². The molecule has 2 aromatic rings. The van der Waals surface area contributed by atoms with E-state index < -0.39 is 0 Å². The second kappa shape index (κ2) is 5.67. The molecule has 1 amide bonds. The summed E-state index contributed by atoms with van der Waals surface area (Å²) in [6, 6.07) is 5.18. The van der Waals surface area contributed by atoms with Crippen LogP contribution < -0.4 is 14.8 Å². The Morgan fingerprint density at radius 3 is 2.86 bits per heavy atom. The lowest BCUT2D eigenvalue weighted by molar-refractivity contribution is 0.0947. The summed E-state index contributed by atoms with van der Waals surface area (Å²) in [5, 5.41) is 7.23. The van der Waals surface area contributed by atoms with Crippen LogP contribution in [-0.4, -0.2) is 34.0 Å². The van der Waals surface area contributed by atoms with Crippen molar-refractivity contribution in [3.63, 3.8) is 0 Å². The van der Waals surface area contributed by atoms with Gasteiger partial charge in [-0.1, -0.05) is 0 Å². The van der Waals surface area contributed by atoms with Gasteiger partial charge in [0.1, 0.15) is 11.6 Å². The first kappa shape index (κ1) is 14.4. The Labute approximate surface area is 128 Å². The van der Waals surface area contributed by atoms with Crippen LogP contribution >= 0.6 is 0 Å². The smallest absolute Gasteiger partial charge is 0.251 e. The highest BCUT2D eigenvalue weighted by molar-refractivity contribution is 5.94. The van der Waals surface area contributed by atoms with Crippen LogP contribution in [-0.2, 0) is 0 Å². The Morgan fingerprint density at radius 1 is 1.36 bits per heavy atom. The fourth-order valence-corrected chi connectivity index (χ4v) is 2.42. The zero-order chi connectivity index (χ0) is 15.7. The molecular formula is C15H18N4O3. The molecule has 1 aliphatic heterocycles. The van der Waals surface area contributed by atoms with Gasteiger partial charge in [-0.15, -0.1) is 0 Å². The Morgan fingerprint density at radius 2 is 2.14 bits per heavy atom. The van der Waals surface area contributed by atoms with Crippen molar-refractivity contribution >= 4 is 5.91 Å². The molecule has 7 nitrogen and oxygen atoms in total. The molecule has 1 aromatic heterocycles. The van der Waals surface area contributed by atoms with Crippen molar-refractivity contribution in [2.45, 2.75) is 26.8 Å². The van der Waals surface area contributed by atoms with E-state index in [1.54, 1.807) is 18.2 Å². The first-order valence-electron chi connectivity index (χ1n) is 7.12. The van der Waals surface area contributed by atoms with E-state index >= 15 is 0 Å². The lowest BCUT2D eigenvalue weighted by atomic mass is 10.2. The third-order valence-electron chi connectivity index (χ3n) is 3.52. The van der Waals surface area contributed by atoms with Crippen LogP contribution in [0.15, 0.2) is 18.2 Å². The number of benzene rings is 1. The molecule has 0 unspecified atom stereocenters. The summed E-state index contributed by atoms with van der Waals surface area (Å²) in [5.41, 5.74) is 0.544. The van der Waals surface area contributed by atoms with E-state index in [4.69, 9.17) is 9.47 Å². The number of amides is 1. The van der Waals surface area contributed by atoms with Gasteiger partial charge in [-0.05, 0) is 39.0 Å². The van der Waals surface area contributed by atoms with Crippen molar-refractivity contribution in [2.75, 3.05) is 13.3 Å². The fourth-order valence-electron chi connectivity index (χ4n) is 2.42. The summed E-state index contributed by atoms with van der Waals surface area (Å²) < 4.78 is 12.3. The van der Waals surface area contributed by atoms with Crippen molar-refractivity contribution < 1.29 is 14.3 Å². The lowest BCUT2D eigenvalue weighted by Crippen LogP contribution is -2.30. The van der Waals surface area contributed by atoms with Gasteiger partial charge in [-0.2, -0.15) is 5.10 Å². The van der Waals surface area contributed by atoms with E-state index in [0.29, 0.717) is 23.6 Å². The fraction of sp³-hybridized carbons (Fsp3) is 0.400. The van der Waals surface area contributed by atoms with Crippen molar-refractivity contribution in [2.24, 2.45) is 0 Å². The molecule has 3 rings (SSSR count). The zero-order valence-corrected chi connectivity index (χ0v) is 12.8. The standard InChI is InChI=1S/C15H18N4O3/c1-9(19-11(3)17-10(2)18-19)7-16-15(20)12-4-5-13-14(6-12)22-8-21-13/h4-6,9H,7-8H2,1-3H3,(H,16,20)/t9-/m1/s1. The predicted octanol–water partition coefficient (Wildman–Crippen LogP) is 1.61. The van der Waals surface area contributed by atoms with Crippen LogP contribution in [0.25, 0.3) is 0 Å². The van der Waals surface area contributed by atoms with E-state index in [1.807, 2.05) is 25.5 Å². The van der Waals surface area contributed by atoms with Crippen molar-refractivity contribution in [3.05, 3.63) is 35.4 Å². The highest BCUT2D eigenvalue weighted by Gasteiger charge is 2.17. The Balaban J connectivity index is 1.63. The summed E-state index contributed by atoms with van der Waals surface area (Å²) in [6.45, 7) is 6.40. The largest absolute Gasteiger partial charge is 0.454 e. The van der Waals surface area contributed by atoms with Crippen LogP contribution in [0.2, 0.25) is 0 Å². The molecule has 7 heteroatoms.